The molecule has 0 radical (unpaired) electrons. The maximum atomic E-state index is 10.5. The van der Waals surface area contributed by atoms with E-state index in [2.05, 4.69) is 88.0 Å². The van der Waals surface area contributed by atoms with Crippen molar-refractivity contribution in [1.82, 2.24) is 4.90 Å². The average molecular weight is 486 g/mol. The summed E-state index contributed by atoms with van der Waals surface area (Å²) in [5.41, 5.74) is 9.89. The summed E-state index contributed by atoms with van der Waals surface area (Å²) in [6, 6.07) is 18.1. The third-order valence-corrected chi connectivity index (χ3v) is 7.63. The zero-order valence-corrected chi connectivity index (χ0v) is 22.3. The molecule has 3 atom stereocenters. The molecule has 2 heterocycles. The number of benzene rings is 3. The SMILES string of the molecule is Cc1cc(C)cc(COc2cc3c(cc2OCc2cc(C)cc(C)c2)[C@H]2C[C@@H](O)C[C@H](C)N2CC3)c1. The molecule has 5 rings (SSSR count). The molecule has 0 aliphatic carbocycles. The molecule has 1 saturated heterocycles. The molecule has 3 aromatic carbocycles. The second kappa shape index (κ2) is 10.3. The van der Waals surface area contributed by atoms with Gasteiger partial charge in [-0.05, 0) is 88.3 Å². The van der Waals surface area contributed by atoms with E-state index in [9.17, 15) is 5.11 Å². The Morgan fingerprint density at radius 3 is 1.83 bits per heavy atom. The minimum absolute atomic E-state index is 0.226. The van der Waals surface area contributed by atoms with Crippen LogP contribution >= 0.6 is 0 Å². The van der Waals surface area contributed by atoms with E-state index >= 15 is 0 Å². The zero-order valence-electron chi connectivity index (χ0n) is 22.3. The normalized spacial score (nSPS) is 21.6. The summed E-state index contributed by atoms with van der Waals surface area (Å²) in [7, 11) is 0. The molecule has 1 N–H and O–H groups in total. The predicted octanol–water partition coefficient (Wildman–Crippen LogP) is 6.52. The first-order valence-corrected chi connectivity index (χ1v) is 13.3. The molecule has 4 heteroatoms. The molecule has 0 spiro atoms. The second-order valence-corrected chi connectivity index (χ2v) is 11.0. The average Bonchev–Trinajstić information content (AvgIpc) is 2.79. The standard InChI is InChI=1S/C32H39NO3/c1-20-8-21(2)11-25(10-20)18-35-31-15-27-6-7-33-24(5)14-28(34)16-30(33)29(27)17-32(31)36-19-26-12-22(3)9-23(4)13-26/h8-13,15,17,24,28,30,34H,6-7,14,16,18-19H2,1-5H3/t24-,28-,30+/m0/s1. The first-order valence-electron chi connectivity index (χ1n) is 13.3. The third kappa shape index (κ3) is 5.45. The fourth-order valence-corrected chi connectivity index (χ4v) is 6.25. The number of aliphatic hydroxyl groups is 1. The van der Waals surface area contributed by atoms with Gasteiger partial charge < -0.3 is 14.6 Å². The van der Waals surface area contributed by atoms with Crippen LogP contribution in [0, 0.1) is 27.7 Å². The second-order valence-electron chi connectivity index (χ2n) is 11.0. The number of nitrogens with zero attached hydrogens (tertiary/aromatic N) is 1. The van der Waals surface area contributed by atoms with Crippen LogP contribution in [0.1, 0.15) is 70.3 Å². The number of piperidine rings is 1. The van der Waals surface area contributed by atoms with Crippen LogP contribution in [0.25, 0.3) is 0 Å². The highest BCUT2D eigenvalue weighted by Gasteiger charge is 2.37. The van der Waals surface area contributed by atoms with Crippen molar-refractivity contribution in [3.05, 3.63) is 93.0 Å². The number of hydrogen-bond donors (Lipinski definition) is 1. The maximum Gasteiger partial charge on any atom is 0.162 e. The highest BCUT2D eigenvalue weighted by atomic mass is 16.5. The van der Waals surface area contributed by atoms with Gasteiger partial charge in [0.05, 0.1) is 6.10 Å². The summed E-state index contributed by atoms with van der Waals surface area (Å²) in [5, 5.41) is 10.5. The van der Waals surface area contributed by atoms with Crippen molar-refractivity contribution in [2.75, 3.05) is 6.54 Å². The minimum Gasteiger partial charge on any atom is -0.485 e. The fourth-order valence-electron chi connectivity index (χ4n) is 6.25. The Balaban J connectivity index is 1.46. The van der Waals surface area contributed by atoms with E-state index < -0.39 is 0 Å². The van der Waals surface area contributed by atoms with Gasteiger partial charge in [-0.15, -0.1) is 0 Å². The van der Waals surface area contributed by atoms with Gasteiger partial charge in [-0.25, -0.2) is 0 Å². The van der Waals surface area contributed by atoms with Crippen molar-refractivity contribution in [3.8, 4) is 11.5 Å². The molecular weight excluding hydrogens is 446 g/mol. The molecule has 0 saturated carbocycles. The Bertz CT molecular complexity index is 1210. The van der Waals surface area contributed by atoms with Crippen LogP contribution in [0.2, 0.25) is 0 Å². The quantitative estimate of drug-likeness (QED) is 0.432. The van der Waals surface area contributed by atoms with Crippen molar-refractivity contribution in [3.63, 3.8) is 0 Å². The van der Waals surface area contributed by atoms with E-state index in [-0.39, 0.29) is 12.1 Å². The first-order chi connectivity index (χ1) is 17.2. The molecule has 36 heavy (non-hydrogen) atoms. The predicted molar refractivity (Wildman–Crippen MR) is 145 cm³/mol. The van der Waals surface area contributed by atoms with Crippen LogP contribution in [0.4, 0.5) is 0 Å². The topological polar surface area (TPSA) is 41.9 Å². The van der Waals surface area contributed by atoms with E-state index in [0.717, 1.165) is 42.9 Å². The summed E-state index contributed by atoms with van der Waals surface area (Å²) in [6.45, 7) is 12.7. The Hall–Kier alpha value is -2.82. The van der Waals surface area contributed by atoms with Gasteiger partial charge in [0.25, 0.3) is 0 Å². The van der Waals surface area contributed by atoms with Gasteiger partial charge >= 0.3 is 0 Å². The van der Waals surface area contributed by atoms with Crippen molar-refractivity contribution in [1.29, 1.82) is 0 Å². The molecule has 190 valence electrons. The maximum absolute atomic E-state index is 10.5. The van der Waals surface area contributed by atoms with Crippen LogP contribution < -0.4 is 9.47 Å². The van der Waals surface area contributed by atoms with E-state index in [1.165, 1.54) is 38.9 Å². The lowest BCUT2D eigenvalue weighted by molar-refractivity contribution is 0.000925. The number of aryl methyl sites for hydroxylation is 4. The van der Waals surface area contributed by atoms with Crippen molar-refractivity contribution >= 4 is 0 Å². The molecule has 4 nitrogen and oxygen atoms in total. The van der Waals surface area contributed by atoms with Crippen LogP contribution in [0.5, 0.6) is 11.5 Å². The molecule has 0 unspecified atom stereocenters. The van der Waals surface area contributed by atoms with Gasteiger partial charge in [-0.1, -0.05) is 58.7 Å². The Morgan fingerprint density at radius 1 is 0.750 bits per heavy atom. The van der Waals surface area contributed by atoms with Crippen molar-refractivity contribution < 1.29 is 14.6 Å². The largest absolute Gasteiger partial charge is 0.485 e. The Labute approximate surface area is 215 Å². The number of hydrogen-bond acceptors (Lipinski definition) is 4. The van der Waals surface area contributed by atoms with Crippen molar-refractivity contribution in [2.45, 2.75) is 85.3 Å². The summed E-state index contributed by atoms with van der Waals surface area (Å²) < 4.78 is 12.9. The summed E-state index contributed by atoms with van der Waals surface area (Å²) in [5.74, 6) is 1.59. The highest BCUT2D eigenvalue weighted by Crippen LogP contribution is 2.44. The van der Waals surface area contributed by atoms with E-state index in [1.54, 1.807) is 0 Å². The summed E-state index contributed by atoms with van der Waals surface area (Å²) in [6.07, 6.45) is 2.35. The number of rotatable bonds is 6. The Morgan fingerprint density at radius 2 is 1.28 bits per heavy atom. The first kappa shape index (κ1) is 24.9. The van der Waals surface area contributed by atoms with Gasteiger partial charge in [-0.2, -0.15) is 0 Å². The smallest absolute Gasteiger partial charge is 0.162 e. The van der Waals surface area contributed by atoms with Gasteiger partial charge in [0.2, 0.25) is 0 Å². The monoisotopic (exact) mass is 485 g/mol. The van der Waals surface area contributed by atoms with Gasteiger partial charge in [0.1, 0.15) is 13.2 Å². The van der Waals surface area contributed by atoms with Crippen LogP contribution in [0.3, 0.4) is 0 Å². The lowest BCUT2D eigenvalue weighted by atomic mass is 9.83. The minimum atomic E-state index is -0.257. The van der Waals surface area contributed by atoms with Crippen LogP contribution in [-0.2, 0) is 19.6 Å². The number of fused-ring (bicyclic) bond motifs is 3. The van der Waals surface area contributed by atoms with E-state index in [0.29, 0.717) is 19.3 Å². The summed E-state index contributed by atoms with van der Waals surface area (Å²) in [4.78, 5) is 2.55. The van der Waals surface area contributed by atoms with Crippen LogP contribution in [0.15, 0.2) is 48.5 Å². The zero-order chi connectivity index (χ0) is 25.4. The van der Waals surface area contributed by atoms with Gasteiger partial charge in [-0.3, -0.25) is 4.90 Å². The van der Waals surface area contributed by atoms with Crippen LogP contribution in [-0.4, -0.2) is 28.7 Å². The van der Waals surface area contributed by atoms with E-state index in [1.807, 2.05) is 0 Å². The van der Waals surface area contributed by atoms with Gasteiger partial charge in [0.15, 0.2) is 11.5 Å². The summed E-state index contributed by atoms with van der Waals surface area (Å²) >= 11 is 0. The number of ether oxygens (including phenoxy) is 2. The lowest BCUT2D eigenvalue weighted by Gasteiger charge is -2.46. The molecule has 2 aliphatic rings. The molecule has 2 aliphatic heterocycles. The Kier molecular flexibility index (Phi) is 7.09. The molecule has 0 aromatic heterocycles. The molecule has 3 aromatic rings. The van der Waals surface area contributed by atoms with Gasteiger partial charge in [0, 0.05) is 18.6 Å². The van der Waals surface area contributed by atoms with E-state index in [4.69, 9.17) is 9.47 Å². The highest BCUT2D eigenvalue weighted by molar-refractivity contribution is 5.50. The van der Waals surface area contributed by atoms with Crippen molar-refractivity contribution in [2.24, 2.45) is 0 Å². The molecule has 1 fully saturated rings. The lowest BCUT2D eigenvalue weighted by Crippen LogP contribution is -2.48. The molecular formula is C32H39NO3. The fraction of sp³-hybridized carbons (Fsp3) is 0.438. The molecule has 0 amide bonds. The third-order valence-electron chi connectivity index (χ3n) is 7.63. The number of aliphatic hydroxyl groups excluding tert-OH is 1. The molecule has 0 bridgehead atoms.